The van der Waals surface area contributed by atoms with Crippen molar-refractivity contribution in [2.75, 3.05) is 39.3 Å². The average molecular weight is 295 g/mol. The fourth-order valence-corrected chi connectivity index (χ4v) is 2.44. The molecule has 8 nitrogen and oxygen atoms in total. The number of carbonyl (C=O) groups is 1. The van der Waals surface area contributed by atoms with Gasteiger partial charge in [-0.05, 0) is 24.0 Å². The molecule has 0 saturated carbocycles. The molecule has 116 valence electrons. The molecule has 0 spiro atoms. The van der Waals surface area contributed by atoms with Crippen LogP contribution in [0.2, 0.25) is 0 Å². The lowest BCUT2D eigenvalue weighted by atomic mass is 10.3. The van der Waals surface area contributed by atoms with Gasteiger partial charge in [-0.3, -0.25) is 4.79 Å². The van der Waals surface area contributed by atoms with Crippen LogP contribution >= 0.6 is 0 Å². The summed E-state index contributed by atoms with van der Waals surface area (Å²) in [5, 5.41) is 16.8. The Hall–Kier alpha value is -1.93. The Morgan fingerprint density at radius 3 is 2.76 bits per heavy atom. The molecule has 0 aromatic carbocycles. The van der Waals surface area contributed by atoms with Crippen molar-refractivity contribution in [2.24, 2.45) is 7.05 Å². The maximum Gasteiger partial charge on any atom is 0.323 e. The highest BCUT2D eigenvalue weighted by Gasteiger charge is 2.20. The maximum absolute atomic E-state index is 12.0. The third-order valence-corrected chi connectivity index (χ3v) is 3.66. The van der Waals surface area contributed by atoms with E-state index >= 15 is 0 Å². The molecule has 1 aromatic rings. The van der Waals surface area contributed by atoms with E-state index in [1.165, 1.54) is 23.7 Å². The quantitative estimate of drug-likeness (QED) is 0.436. The summed E-state index contributed by atoms with van der Waals surface area (Å²) in [4.78, 5) is 24.6. The molecule has 1 aliphatic heterocycles. The van der Waals surface area contributed by atoms with E-state index in [0.717, 1.165) is 39.1 Å². The number of nitrogens with zero attached hydrogens (tertiary/aromatic N) is 3. The van der Waals surface area contributed by atoms with E-state index in [2.05, 4.69) is 15.5 Å². The van der Waals surface area contributed by atoms with Gasteiger partial charge in [-0.25, -0.2) is 4.57 Å². The van der Waals surface area contributed by atoms with Gasteiger partial charge in [-0.15, -0.1) is 0 Å². The first kappa shape index (κ1) is 15.5. The lowest BCUT2D eigenvalue weighted by Crippen LogP contribution is -2.44. The van der Waals surface area contributed by atoms with Crippen molar-refractivity contribution in [2.45, 2.75) is 6.42 Å². The molecule has 8 heteroatoms. The van der Waals surface area contributed by atoms with Crippen LogP contribution in [0.1, 0.15) is 16.9 Å². The molecule has 2 rings (SSSR count). The summed E-state index contributed by atoms with van der Waals surface area (Å²) in [5.41, 5.74) is 0.309. The number of nitro groups is 1. The number of amides is 1. The molecule has 0 aliphatic carbocycles. The van der Waals surface area contributed by atoms with Crippen molar-refractivity contribution < 1.29 is 9.72 Å². The molecular weight excluding hydrogens is 274 g/mol. The second kappa shape index (κ2) is 7.19. The molecule has 1 aliphatic rings. The molecule has 2 N–H and O–H groups in total. The molecule has 0 unspecified atom stereocenters. The van der Waals surface area contributed by atoms with Gasteiger partial charge in [-0.2, -0.15) is 0 Å². The van der Waals surface area contributed by atoms with Gasteiger partial charge in [0.05, 0.1) is 7.05 Å². The van der Waals surface area contributed by atoms with Crippen LogP contribution < -0.4 is 10.6 Å². The van der Waals surface area contributed by atoms with Gasteiger partial charge in [0.1, 0.15) is 0 Å². The van der Waals surface area contributed by atoms with E-state index in [9.17, 15) is 14.9 Å². The monoisotopic (exact) mass is 295 g/mol. The van der Waals surface area contributed by atoms with Gasteiger partial charge in [0.25, 0.3) is 5.91 Å². The molecule has 2 heterocycles. The summed E-state index contributed by atoms with van der Waals surface area (Å²) in [7, 11) is 1.52. The Kier molecular flexibility index (Phi) is 5.29. The minimum Gasteiger partial charge on any atom is -0.358 e. The second-order valence-corrected chi connectivity index (χ2v) is 5.09. The summed E-state index contributed by atoms with van der Waals surface area (Å²) in [6.45, 7) is 5.63. The average Bonchev–Trinajstić information content (AvgIpc) is 2.86. The number of piperazine rings is 1. The standard InChI is InChI=1S/C13H21N5O3/c1-16-11(3-4-12(16)18(20)21)13(19)15-5-2-8-17-9-6-14-7-10-17/h3-4,14H,2,5-10H2,1H3,(H,15,19). The first-order chi connectivity index (χ1) is 10.1. The molecule has 1 saturated heterocycles. The van der Waals surface area contributed by atoms with E-state index in [1.807, 2.05) is 0 Å². The van der Waals surface area contributed by atoms with Crippen LogP contribution in [0.5, 0.6) is 0 Å². The second-order valence-electron chi connectivity index (χ2n) is 5.09. The number of aromatic nitrogens is 1. The fourth-order valence-electron chi connectivity index (χ4n) is 2.44. The zero-order chi connectivity index (χ0) is 15.2. The van der Waals surface area contributed by atoms with Crippen molar-refractivity contribution in [1.29, 1.82) is 0 Å². The highest BCUT2D eigenvalue weighted by molar-refractivity contribution is 5.93. The largest absolute Gasteiger partial charge is 0.358 e. The Morgan fingerprint density at radius 2 is 2.14 bits per heavy atom. The Morgan fingerprint density at radius 1 is 1.43 bits per heavy atom. The van der Waals surface area contributed by atoms with Crippen molar-refractivity contribution in [3.63, 3.8) is 0 Å². The van der Waals surface area contributed by atoms with Crippen LogP contribution in [0, 0.1) is 10.1 Å². The SMILES string of the molecule is Cn1c(C(=O)NCCCN2CCNCC2)ccc1[N+](=O)[O-]. The molecule has 0 bridgehead atoms. The van der Waals surface area contributed by atoms with Gasteiger partial charge in [0.15, 0.2) is 5.69 Å². The van der Waals surface area contributed by atoms with Gasteiger partial charge in [0.2, 0.25) is 0 Å². The van der Waals surface area contributed by atoms with Crippen molar-refractivity contribution in [3.8, 4) is 0 Å². The smallest absolute Gasteiger partial charge is 0.323 e. The van der Waals surface area contributed by atoms with Gasteiger partial charge >= 0.3 is 5.82 Å². The van der Waals surface area contributed by atoms with Crippen molar-refractivity contribution >= 4 is 11.7 Å². The van der Waals surface area contributed by atoms with E-state index in [4.69, 9.17) is 0 Å². The zero-order valence-electron chi connectivity index (χ0n) is 12.2. The lowest BCUT2D eigenvalue weighted by molar-refractivity contribution is -0.391. The number of carbonyl (C=O) groups excluding carboxylic acids is 1. The minimum atomic E-state index is -0.499. The van der Waals surface area contributed by atoms with Crippen LogP contribution in [0.15, 0.2) is 12.1 Å². The van der Waals surface area contributed by atoms with Gasteiger partial charge in [0, 0.05) is 38.8 Å². The molecular formula is C13H21N5O3. The third-order valence-electron chi connectivity index (χ3n) is 3.66. The molecule has 0 radical (unpaired) electrons. The van der Waals surface area contributed by atoms with E-state index < -0.39 is 4.92 Å². The predicted molar refractivity (Wildman–Crippen MR) is 78.3 cm³/mol. The summed E-state index contributed by atoms with van der Waals surface area (Å²) >= 11 is 0. The highest BCUT2D eigenvalue weighted by atomic mass is 16.6. The van der Waals surface area contributed by atoms with Crippen molar-refractivity contribution in [3.05, 3.63) is 27.9 Å². The van der Waals surface area contributed by atoms with E-state index in [1.54, 1.807) is 0 Å². The Balaban J connectivity index is 1.75. The first-order valence-corrected chi connectivity index (χ1v) is 7.11. The van der Waals surface area contributed by atoms with Crippen LogP contribution in [0.25, 0.3) is 0 Å². The predicted octanol–water partition coefficient (Wildman–Crippen LogP) is -0.0416. The van der Waals surface area contributed by atoms with E-state index in [0.29, 0.717) is 12.2 Å². The molecule has 1 amide bonds. The van der Waals surface area contributed by atoms with E-state index in [-0.39, 0.29) is 11.7 Å². The number of hydrogen-bond donors (Lipinski definition) is 2. The third kappa shape index (κ3) is 4.02. The lowest BCUT2D eigenvalue weighted by Gasteiger charge is -2.26. The molecule has 1 fully saturated rings. The first-order valence-electron chi connectivity index (χ1n) is 7.11. The number of hydrogen-bond acceptors (Lipinski definition) is 5. The summed E-state index contributed by atoms with van der Waals surface area (Å²) in [6, 6.07) is 2.82. The van der Waals surface area contributed by atoms with Gasteiger partial charge in [-0.1, -0.05) is 0 Å². The zero-order valence-corrected chi connectivity index (χ0v) is 12.2. The highest BCUT2D eigenvalue weighted by Crippen LogP contribution is 2.14. The maximum atomic E-state index is 12.0. The van der Waals surface area contributed by atoms with Gasteiger partial charge < -0.3 is 25.6 Å². The normalized spacial score (nSPS) is 15.9. The van der Waals surface area contributed by atoms with Crippen molar-refractivity contribution in [1.82, 2.24) is 20.1 Å². The molecule has 0 atom stereocenters. The fraction of sp³-hybridized carbons (Fsp3) is 0.615. The summed E-state index contributed by atoms with van der Waals surface area (Å²) in [5.74, 6) is -0.355. The summed E-state index contributed by atoms with van der Waals surface area (Å²) in [6.07, 6.45) is 0.873. The Bertz CT molecular complexity index is 508. The number of nitrogens with one attached hydrogen (secondary N) is 2. The van der Waals surface area contributed by atoms with Crippen LogP contribution in [0.4, 0.5) is 5.82 Å². The molecule has 21 heavy (non-hydrogen) atoms. The summed E-state index contributed by atoms with van der Waals surface area (Å²) < 4.78 is 1.30. The topological polar surface area (TPSA) is 92.4 Å². The van der Waals surface area contributed by atoms with Crippen LogP contribution in [-0.4, -0.2) is 59.6 Å². The minimum absolute atomic E-state index is 0.0824. The molecule has 1 aromatic heterocycles. The van der Waals surface area contributed by atoms with Crippen LogP contribution in [0.3, 0.4) is 0 Å². The van der Waals surface area contributed by atoms with Crippen LogP contribution in [-0.2, 0) is 7.05 Å². The Labute approximate surface area is 123 Å². The number of rotatable bonds is 6.